The van der Waals surface area contributed by atoms with E-state index < -0.39 is 0 Å². The summed E-state index contributed by atoms with van der Waals surface area (Å²) in [7, 11) is 1.34. The first-order chi connectivity index (χ1) is 10.7. The van der Waals surface area contributed by atoms with Crippen LogP contribution in [-0.2, 0) is 19.1 Å². The number of rotatable bonds is 6. The molecule has 1 aliphatic rings. The summed E-state index contributed by atoms with van der Waals surface area (Å²) in [4.78, 5) is 23.0. The maximum Gasteiger partial charge on any atom is 0.308 e. The molecule has 0 spiro atoms. The lowest BCUT2D eigenvalue weighted by atomic mass is 10.2. The van der Waals surface area contributed by atoms with Gasteiger partial charge in [-0.3, -0.25) is 9.59 Å². The fourth-order valence-electron chi connectivity index (χ4n) is 1.95. The predicted molar refractivity (Wildman–Crippen MR) is 79.8 cm³/mol. The lowest BCUT2D eigenvalue weighted by molar-refractivity contribution is -0.141. The molecule has 22 heavy (non-hydrogen) atoms. The zero-order valence-corrected chi connectivity index (χ0v) is 12.5. The largest absolute Gasteiger partial charge is 0.493 e. The molecule has 1 aliphatic heterocycles. The van der Waals surface area contributed by atoms with Crippen molar-refractivity contribution in [1.29, 1.82) is 0 Å². The van der Waals surface area contributed by atoms with Crippen LogP contribution in [0.1, 0.15) is 6.42 Å². The molecule has 0 radical (unpaired) electrons. The van der Waals surface area contributed by atoms with Gasteiger partial charge in [0.05, 0.1) is 33.4 Å². The van der Waals surface area contributed by atoms with Gasteiger partial charge in [-0.25, -0.2) is 0 Å². The number of methoxy groups -OCH3 is 1. The van der Waals surface area contributed by atoms with Gasteiger partial charge in [0.1, 0.15) is 11.8 Å². The van der Waals surface area contributed by atoms with E-state index in [0.29, 0.717) is 31.2 Å². The fraction of sp³-hybridized carbons (Fsp3) is 0.467. The topological polar surface area (TPSA) is 85.9 Å². The van der Waals surface area contributed by atoms with Crippen molar-refractivity contribution >= 4 is 17.6 Å². The first-order valence-electron chi connectivity index (χ1n) is 7.10. The molecule has 7 nitrogen and oxygen atoms in total. The molecule has 1 aromatic rings. The van der Waals surface area contributed by atoms with Gasteiger partial charge in [0.2, 0.25) is 5.91 Å². The van der Waals surface area contributed by atoms with Crippen molar-refractivity contribution in [3.8, 4) is 5.75 Å². The summed E-state index contributed by atoms with van der Waals surface area (Å²) in [5.41, 5.74) is 0.678. The first-order valence-corrected chi connectivity index (χ1v) is 7.10. The van der Waals surface area contributed by atoms with Gasteiger partial charge >= 0.3 is 5.97 Å². The average molecular weight is 308 g/mol. The summed E-state index contributed by atoms with van der Waals surface area (Å²) in [6.07, 6.45) is 0.197. The third-order valence-electron chi connectivity index (χ3n) is 3.16. The lowest BCUT2D eigenvalue weighted by Crippen LogP contribution is -2.48. The van der Waals surface area contributed by atoms with Gasteiger partial charge in [-0.1, -0.05) is 0 Å². The van der Waals surface area contributed by atoms with Crippen LogP contribution in [0.4, 0.5) is 5.69 Å². The standard InChI is InChI=1S/C15H20N2O5/c1-20-14(18)6-8-22-12-4-2-11(3-5-12)17-15(19)13-10-21-9-7-16-13/h2-5,13,16H,6-10H2,1H3,(H,17,19). The summed E-state index contributed by atoms with van der Waals surface area (Å²) in [5, 5.41) is 5.90. The highest BCUT2D eigenvalue weighted by atomic mass is 16.5. The van der Waals surface area contributed by atoms with Crippen molar-refractivity contribution in [1.82, 2.24) is 5.32 Å². The van der Waals surface area contributed by atoms with Crippen LogP contribution in [0.25, 0.3) is 0 Å². The number of benzene rings is 1. The van der Waals surface area contributed by atoms with Crippen molar-refractivity contribution in [2.24, 2.45) is 0 Å². The summed E-state index contributed by atoms with van der Waals surface area (Å²) >= 11 is 0. The number of nitrogens with one attached hydrogen (secondary N) is 2. The first kappa shape index (κ1) is 16.3. The quantitative estimate of drug-likeness (QED) is 0.747. The Balaban J connectivity index is 1.78. The molecule has 1 amide bonds. The van der Waals surface area contributed by atoms with Crippen molar-refractivity contribution in [3.63, 3.8) is 0 Å². The highest BCUT2D eigenvalue weighted by molar-refractivity contribution is 5.95. The summed E-state index contributed by atoms with van der Waals surface area (Å²) < 4.78 is 15.2. The third-order valence-corrected chi connectivity index (χ3v) is 3.16. The summed E-state index contributed by atoms with van der Waals surface area (Å²) in [5.74, 6) is 0.186. The Bertz CT molecular complexity index is 497. The van der Waals surface area contributed by atoms with E-state index in [1.807, 2.05) is 0 Å². The minimum Gasteiger partial charge on any atom is -0.493 e. The second-order valence-electron chi connectivity index (χ2n) is 4.77. The second kappa shape index (κ2) is 8.35. The molecule has 120 valence electrons. The molecular formula is C15H20N2O5. The van der Waals surface area contributed by atoms with Crippen LogP contribution < -0.4 is 15.4 Å². The maximum absolute atomic E-state index is 12.0. The molecule has 7 heteroatoms. The molecule has 2 rings (SSSR count). The zero-order chi connectivity index (χ0) is 15.8. The highest BCUT2D eigenvalue weighted by Crippen LogP contribution is 2.16. The van der Waals surface area contributed by atoms with Crippen LogP contribution >= 0.6 is 0 Å². The van der Waals surface area contributed by atoms with Crippen LogP contribution in [0.3, 0.4) is 0 Å². The van der Waals surface area contributed by atoms with Crippen LogP contribution in [0.15, 0.2) is 24.3 Å². The smallest absolute Gasteiger partial charge is 0.308 e. The number of carbonyl (C=O) groups is 2. The van der Waals surface area contributed by atoms with E-state index >= 15 is 0 Å². The van der Waals surface area contributed by atoms with Gasteiger partial charge < -0.3 is 24.8 Å². The predicted octanol–water partition coefficient (Wildman–Crippen LogP) is 0.555. The molecule has 1 fully saturated rings. The molecule has 2 N–H and O–H groups in total. The van der Waals surface area contributed by atoms with E-state index in [1.54, 1.807) is 24.3 Å². The summed E-state index contributed by atoms with van der Waals surface area (Å²) in [6, 6.07) is 6.63. The molecule has 0 aliphatic carbocycles. The second-order valence-corrected chi connectivity index (χ2v) is 4.77. The molecule has 0 aromatic heterocycles. The van der Waals surface area contributed by atoms with Gasteiger partial charge in [0.15, 0.2) is 0 Å². The van der Waals surface area contributed by atoms with Crippen molar-refractivity contribution in [2.45, 2.75) is 12.5 Å². The Morgan fingerprint density at radius 2 is 2.14 bits per heavy atom. The Morgan fingerprint density at radius 1 is 1.36 bits per heavy atom. The van der Waals surface area contributed by atoms with Gasteiger partial charge in [0, 0.05) is 12.2 Å². The van der Waals surface area contributed by atoms with Gasteiger partial charge in [0.25, 0.3) is 0 Å². The zero-order valence-electron chi connectivity index (χ0n) is 12.5. The van der Waals surface area contributed by atoms with E-state index in [9.17, 15) is 9.59 Å². The normalized spacial score (nSPS) is 17.6. The number of esters is 1. The molecule has 1 saturated heterocycles. The van der Waals surface area contributed by atoms with E-state index in [2.05, 4.69) is 15.4 Å². The molecule has 0 saturated carbocycles. The van der Waals surface area contributed by atoms with E-state index in [-0.39, 0.29) is 30.9 Å². The third kappa shape index (κ3) is 5.01. The van der Waals surface area contributed by atoms with Gasteiger partial charge in [-0.05, 0) is 24.3 Å². The number of ether oxygens (including phenoxy) is 3. The van der Waals surface area contributed by atoms with Crippen LogP contribution in [0.5, 0.6) is 5.75 Å². The van der Waals surface area contributed by atoms with Crippen LogP contribution in [0.2, 0.25) is 0 Å². The molecule has 0 bridgehead atoms. The molecule has 1 aromatic carbocycles. The molecule has 1 unspecified atom stereocenters. The molecule has 1 heterocycles. The monoisotopic (exact) mass is 308 g/mol. The Hall–Kier alpha value is -2.12. The van der Waals surface area contributed by atoms with Gasteiger partial charge in [-0.15, -0.1) is 0 Å². The minimum absolute atomic E-state index is 0.126. The average Bonchev–Trinajstić information content (AvgIpc) is 2.57. The minimum atomic E-state index is -0.329. The van der Waals surface area contributed by atoms with E-state index in [4.69, 9.17) is 9.47 Å². The number of hydrogen-bond acceptors (Lipinski definition) is 6. The van der Waals surface area contributed by atoms with Crippen LogP contribution in [0, 0.1) is 0 Å². The van der Waals surface area contributed by atoms with Crippen molar-refractivity contribution in [3.05, 3.63) is 24.3 Å². The highest BCUT2D eigenvalue weighted by Gasteiger charge is 2.20. The number of anilines is 1. The Labute approximate surface area is 128 Å². The van der Waals surface area contributed by atoms with E-state index in [0.717, 1.165) is 0 Å². The SMILES string of the molecule is COC(=O)CCOc1ccc(NC(=O)C2COCCN2)cc1. The van der Waals surface area contributed by atoms with E-state index in [1.165, 1.54) is 7.11 Å². The summed E-state index contributed by atoms with van der Waals surface area (Å²) in [6.45, 7) is 1.93. The van der Waals surface area contributed by atoms with Gasteiger partial charge in [-0.2, -0.15) is 0 Å². The van der Waals surface area contributed by atoms with Crippen molar-refractivity contribution < 1.29 is 23.8 Å². The number of morpholine rings is 1. The Kier molecular flexibility index (Phi) is 6.17. The fourth-order valence-corrected chi connectivity index (χ4v) is 1.95. The van der Waals surface area contributed by atoms with Crippen molar-refractivity contribution in [2.75, 3.05) is 38.8 Å². The van der Waals surface area contributed by atoms with Crippen LogP contribution in [-0.4, -0.2) is 51.4 Å². The molecular weight excluding hydrogens is 288 g/mol. The number of carbonyl (C=O) groups excluding carboxylic acids is 2. The Morgan fingerprint density at radius 3 is 2.77 bits per heavy atom. The number of hydrogen-bond donors (Lipinski definition) is 2. The number of amides is 1. The lowest BCUT2D eigenvalue weighted by Gasteiger charge is -2.22. The maximum atomic E-state index is 12.0. The molecule has 1 atom stereocenters.